The summed E-state index contributed by atoms with van der Waals surface area (Å²) in [6, 6.07) is 1.04. The molecular weight excluding hydrogens is 258 g/mol. The fourth-order valence-electron chi connectivity index (χ4n) is 3.67. The molecule has 2 saturated carbocycles. The summed E-state index contributed by atoms with van der Waals surface area (Å²) in [6.07, 6.45) is 11.8. The van der Waals surface area contributed by atoms with Crippen molar-refractivity contribution < 1.29 is 8.42 Å². The van der Waals surface area contributed by atoms with Gasteiger partial charge in [0.2, 0.25) is 0 Å². The van der Waals surface area contributed by atoms with Crippen LogP contribution in [0.1, 0.15) is 64.7 Å². The van der Waals surface area contributed by atoms with Gasteiger partial charge in [-0.2, -0.15) is 0 Å². The molecule has 0 heterocycles. The van der Waals surface area contributed by atoms with Crippen molar-refractivity contribution in [3.8, 4) is 0 Å². The molecule has 0 amide bonds. The molecule has 112 valence electrons. The van der Waals surface area contributed by atoms with Crippen LogP contribution in [-0.4, -0.2) is 32.0 Å². The summed E-state index contributed by atoms with van der Waals surface area (Å²) in [4.78, 5) is 0. The molecule has 2 rings (SSSR count). The first-order valence-electron chi connectivity index (χ1n) is 7.90. The molecule has 0 aliphatic heterocycles. The third kappa shape index (κ3) is 4.75. The lowest BCUT2D eigenvalue weighted by Crippen LogP contribution is -2.43. The Labute approximate surface area is 118 Å². The van der Waals surface area contributed by atoms with Crippen LogP contribution in [0.25, 0.3) is 0 Å². The van der Waals surface area contributed by atoms with E-state index in [0.29, 0.717) is 12.1 Å². The lowest BCUT2D eigenvalue weighted by Gasteiger charge is -2.32. The monoisotopic (exact) mass is 287 g/mol. The van der Waals surface area contributed by atoms with Crippen molar-refractivity contribution in [2.45, 2.75) is 82.0 Å². The van der Waals surface area contributed by atoms with Crippen LogP contribution in [0.5, 0.6) is 0 Å². The first-order valence-corrected chi connectivity index (χ1v) is 9.85. The van der Waals surface area contributed by atoms with Crippen LogP contribution in [0.4, 0.5) is 0 Å². The molecular formula is C15H29NO2S. The van der Waals surface area contributed by atoms with Gasteiger partial charge in [0, 0.05) is 18.3 Å². The van der Waals surface area contributed by atoms with Gasteiger partial charge in [-0.3, -0.25) is 0 Å². The summed E-state index contributed by atoms with van der Waals surface area (Å²) in [7, 11) is -2.86. The Kier molecular flexibility index (Phi) is 5.29. The lowest BCUT2D eigenvalue weighted by molar-refractivity contribution is 0.319. The second kappa shape index (κ2) is 6.57. The molecule has 19 heavy (non-hydrogen) atoms. The second-order valence-corrected chi connectivity index (χ2v) is 9.12. The van der Waals surface area contributed by atoms with Gasteiger partial charge in [-0.25, -0.2) is 8.42 Å². The summed E-state index contributed by atoms with van der Waals surface area (Å²) in [5, 5.41) is 3.65. The smallest absolute Gasteiger partial charge is 0.150 e. The number of sulfone groups is 1. The maximum absolute atomic E-state index is 11.7. The quantitative estimate of drug-likeness (QED) is 0.812. The zero-order valence-electron chi connectivity index (χ0n) is 12.4. The minimum atomic E-state index is -2.86. The van der Waals surface area contributed by atoms with Crippen LogP contribution in [0.15, 0.2) is 0 Å². The summed E-state index contributed by atoms with van der Waals surface area (Å²) in [5.41, 5.74) is 0. The molecule has 4 unspecified atom stereocenters. The van der Waals surface area contributed by atoms with Crippen LogP contribution >= 0.6 is 0 Å². The predicted octanol–water partition coefficient (Wildman–Crippen LogP) is 2.90. The van der Waals surface area contributed by atoms with Gasteiger partial charge in [0.15, 0.2) is 0 Å². The summed E-state index contributed by atoms with van der Waals surface area (Å²) in [6.45, 7) is 2.35. The van der Waals surface area contributed by atoms with Gasteiger partial charge in [-0.1, -0.05) is 26.2 Å². The highest BCUT2D eigenvalue weighted by molar-refractivity contribution is 7.91. The maximum Gasteiger partial charge on any atom is 0.150 e. The third-order valence-electron chi connectivity index (χ3n) is 4.96. The van der Waals surface area contributed by atoms with Crippen LogP contribution in [0.2, 0.25) is 0 Å². The van der Waals surface area contributed by atoms with Crippen molar-refractivity contribution >= 4 is 9.84 Å². The third-order valence-corrected chi connectivity index (χ3v) is 6.60. The van der Waals surface area contributed by atoms with Gasteiger partial charge in [-0.05, 0) is 44.4 Å². The Morgan fingerprint density at radius 3 is 2.32 bits per heavy atom. The SMILES string of the molecule is CC1CCCC(NC2CCCC(S(C)(=O)=O)C2)CC1. The van der Waals surface area contributed by atoms with Gasteiger partial charge in [0.1, 0.15) is 9.84 Å². The zero-order valence-corrected chi connectivity index (χ0v) is 13.2. The molecule has 0 aromatic rings. The van der Waals surface area contributed by atoms with Crippen molar-refractivity contribution in [2.24, 2.45) is 5.92 Å². The highest BCUT2D eigenvalue weighted by Crippen LogP contribution is 2.27. The molecule has 2 fully saturated rings. The van der Waals surface area contributed by atoms with E-state index in [1.54, 1.807) is 0 Å². The van der Waals surface area contributed by atoms with Gasteiger partial charge < -0.3 is 5.32 Å². The van der Waals surface area contributed by atoms with E-state index in [4.69, 9.17) is 0 Å². The van der Waals surface area contributed by atoms with E-state index in [2.05, 4.69) is 12.2 Å². The molecule has 2 aliphatic rings. The lowest BCUT2D eigenvalue weighted by atomic mass is 9.93. The Bertz CT molecular complexity index is 380. The van der Waals surface area contributed by atoms with Crippen LogP contribution in [0.3, 0.4) is 0 Å². The van der Waals surface area contributed by atoms with Crippen molar-refractivity contribution in [3.63, 3.8) is 0 Å². The van der Waals surface area contributed by atoms with Crippen molar-refractivity contribution in [1.82, 2.24) is 5.32 Å². The molecule has 1 N–H and O–H groups in total. The minimum Gasteiger partial charge on any atom is -0.311 e. The van der Waals surface area contributed by atoms with Crippen LogP contribution in [-0.2, 0) is 9.84 Å². The molecule has 4 atom stereocenters. The molecule has 0 aromatic carbocycles. The Morgan fingerprint density at radius 1 is 0.895 bits per heavy atom. The molecule has 0 aromatic heterocycles. The number of hydrogen-bond donors (Lipinski definition) is 1. The first-order chi connectivity index (χ1) is 8.95. The molecule has 0 bridgehead atoms. The molecule has 2 aliphatic carbocycles. The average Bonchev–Trinajstić information content (AvgIpc) is 2.54. The molecule has 0 spiro atoms. The van der Waals surface area contributed by atoms with Crippen molar-refractivity contribution in [3.05, 3.63) is 0 Å². The van der Waals surface area contributed by atoms with Crippen molar-refractivity contribution in [1.29, 1.82) is 0 Å². The number of rotatable bonds is 3. The van der Waals surface area contributed by atoms with E-state index in [1.807, 2.05) is 0 Å². The highest BCUT2D eigenvalue weighted by atomic mass is 32.2. The number of hydrogen-bond acceptors (Lipinski definition) is 3. The van der Waals surface area contributed by atoms with Crippen molar-refractivity contribution in [2.75, 3.05) is 6.26 Å². The van der Waals surface area contributed by atoms with Crippen LogP contribution < -0.4 is 5.32 Å². The molecule has 0 saturated heterocycles. The summed E-state index contributed by atoms with van der Waals surface area (Å²) in [5.74, 6) is 0.863. The van der Waals surface area contributed by atoms with Gasteiger partial charge in [0.25, 0.3) is 0 Å². The highest BCUT2D eigenvalue weighted by Gasteiger charge is 2.30. The second-order valence-electron chi connectivity index (χ2n) is 6.79. The Morgan fingerprint density at radius 2 is 1.58 bits per heavy atom. The zero-order chi connectivity index (χ0) is 13.9. The first kappa shape index (κ1) is 15.3. The van der Waals surface area contributed by atoms with Gasteiger partial charge in [-0.15, -0.1) is 0 Å². The fraction of sp³-hybridized carbons (Fsp3) is 1.00. The topological polar surface area (TPSA) is 46.2 Å². The van der Waals surface area contributed by atoms with E-state index < -0.39 is 9.84 Å². The van der Waals surface area contributed by atoms with E-state index >= 15 is 0 Å². The maximum atomic E-state index is 11.7. The summed E-state index contributed by atoms with van der Waals surface area (Å²) < 4.78 is 23.4. The normalized spacial score (nSPS) is 37.8. The minimum absolute atomic E-state index is 0.108. The van der Waals surface area contributed by atoms with Gasteiger partial charge >= 0.3 is 0 Å². The predicted molar refractivity (Wildman–Crippen MR) is 80.1 cm³/mol. The van der Waals surface area contributed by atoms with E-state index in [1.165, 1.54) is 38.4 Å². The molecule has 3 nitrogen and oxygen atoms in total. The van der Waals surface area contributed by atoms with Gasteiger partial charge in [0.05, 0.1) is 5.25 Å². The fourth-order valence-corrected chi connectivity index (χ4v) is 4.85. The standard InChI is InChI=1S/C15H29NO2S/c1-12-5-3-6-13(10-9-12)16-14-7-4-8-15(11-14)19(2,17)18/h12-16H,3-11H2,1-2H3. The average molecular weight is 287 g/mol. The largest absolute Gasteiger partial charge is 0.311 e. The number of nitrogens with one attached hydrogen (secondary N) is 1. The van der Waals surface area contributed by atoms with E-state index in [9.17, 15) is 8.42 Å². The molecule has 0 radical (unpaired) electrons. The Hall–Kier alpha value is -0.0900. The van der Waals surface area contributed by atoms with Crippen LogP contribution in [0, 0.1) is 5.92 Å². The van der Waals surface area contributed by atoms with E-state index in [-0.39, 0.29) is 5.25 Å². The van der Waals surface area contributed by atoms with E-state index in [0.717, 1.165) is 31.6 Å². The Balaban J connectivity index is 1.85. The summed E-state index contributed by atoms with van der Waals surface area (Å²) >= 11 is 0. The molecule has 4 heteroatoms.